The quantitative estimate of drug-likeness (QED) is 0.813. The molecule has 0 radical (unpaired) electrons. The molecule has 1 saturated heterocycles. The van der Waals surface area contributed by atoms with E-state index in [0.29, 0.717) is 18.8 Å². The van der Waals surface area contributed by atoms with Gasteiger partial charge in [-0.25, -0.2) is 5.06 Å². The van der Waals surface area contributed by atoms with Crippen LogP contribution < -0.4 is 0 Å². The lowest BCUT2D eigenvalue weighted by atomic mass is 10.0. The predicted octanol–water partition coefficient (Wildman–Crippen LogP) is 2.63. The molecule has 2 bridgehead atoms. The van der Waals surface area contributed by atoms with E-state index in [9.17, 15) is 9.90 Å². The molecule has 0 aromatic heterocycles. The maximum Gasteiger partial charge on any atom is 0.280 e. The van der Waals surface area contributed by atoms with Crippen LogP contribution >= 0.6 is 0 Å². The number of ether oxygens (including phenoxy) is 1. The Morgan fingerprint density at radius 2 is 1.77 bits per heavy atom. The smallest absolute Gasteiger partial charge is 0.280 e. The molecule has 134 valence electrons. The number of nitrogens with zero attached hydrogens (tertiary/aromatic N) is 1. The Balaban J connectivity index is 1.37. The number of rotatable bonds is 6. The Morgan fingerprint density at radius 3 is 2.50 bits per heavy atom. The molecule has 0 spiro atoms. The van der Waals surface area contributed by atoms with Gasteiger partial charge in [-0.05, 0) is 11.1 Å². The third-order valence-electron chi connectivity index (χ3n) is 4.85. The van der Waals surface area contributed by atoms with Crippen LogP contribution in [0.1, 0.15) is 17.2 Å². The minimum Gasteiger partial charge on any atom is -0.378 e. The molecule has 2 aliphatic rings. The van der Waals surface area contributed by atoms with Crippen LogP contribution in [0, 0.1) is 5.92 Å². The second-order valence-electron chi connectivity index (χ2n) is 6.59. The van der Waals surface area contributed by atoms with Crippen LogP contribution in [0.4, 0.5) is 0 Å². The lowest BCUT2D eigenvalue weighted by Crippen LogP contribution is -2.39. The average molecular weight is 351 g/mol. The van der Waals surface area contributed by atoms with Gasteiger partial charge in [0.1, 0.15) is 6.10 Å². The number of hydroxylamine groups is 2. The highest BCUT2D eigenvalue weighted by atomic mass is 16.7. The molecule has 2 aromatic rings. The summed E-state index contributed by atoms with van der Waals surface area (Å²) in [4.78, 5) is 18.4. The van der Waals surface area contributed by atoms with Gasteiger partial charge in [0.05, 0.1) is 19.3 Å². The summed E-state index contributed by atoms with van der Waals surface area (Å²) in [6.45, 7) is 1.01. The lowest BCUT2D eigenvalue weighted by molar-refractivity contribution is -0.192. The van der Waals surface area contributed by atoms with Gasteiger partial charge >= 0.3 is 0 Å². The molecular formula is C21H21NO4. The van der Waals surface area contributed by atoms with Crippen LogP contribution in [-0.4, -0.2) is 34.8 Å². The molecule has 5 nitrogen and oxygen atoms in total. The Morgan fingerprint density at radius 1 is 1.08 bits per heavy atom. The maximum atomic E-state index is 12.7. The predicted molar refractivity (Wildman–Crippen MR) is 95.6 cm³/mol. The molecule has 1 aliphatic carbocycles. The summed E-state index contributed by atoms with van der Waals surface area (Å²) in [6, 6.07) is 18.7. The molecule has 5 heteroatoms. The fraction of sp³-hybridized carbons (Fsp3) is 0.286. The van der Waals surface area contributed by atoms with Crippen molar-refractivity contribution < 1.29 is 19.5 Å². The number of carbonyl (C=O) groups is 1. The fourth-order valence-corrected chi connectivity index (χ4v) is 3.45. The zero-order chi connectivity index (χ0) is 17.9. The number of hydrogen-bond acceptors (Lipinski definition) is 4. The molecule has 4 atom stereocenters. The Kier molecular flexibility index (Phi) is 4.84. The van der Waals surface area contributed by atoms with Gasteiger partial charge in [0, 0.05) is 5.92 Å². The third-order valence-corrected chi connectivity index (χ3v) is 4.85. The van der Waals surface area contributed by atoms with Gasteiger partial charge < -0.3 is 9.84 Å². The van der Waals surface area contributed by atoms with Crippen LogP contribution in [0.25, 0.3) is 0 Å². The van der Waals surface area contributed by atoms with Crippen molar-refractivity contribution >= 4 is 5.91 Å². The normalized spacial score (nSPS) is 24.8. The summed E-state index contributed by atoms with van der Waals surface area (Å²) < 4.78 is 5.84. The molecule has 4 rings (SSSR count). The zero-order valence-corrected chi connectivity index (χ0v) is 14.3. The van der Waals surface area contributed by atoms with Crippen molar-refractivity contribution in [2.24, 2.45) is 5.92 Å². The van der Waals surface area contributed by atoms with E-state index >= 15 is 0 Å². The first-order valence-corrected chi connectivity index (χ1v) is 8.77. The van der Waals surface area contributed by atoms with Gasteiger partial charge in [0.15, 0.2) is 6.10 Å². The molecular weight excluding hydrogens is 330 g/mol. The first-order chi connectivity index (χ1) is 12.7. The number of aliphatic hydroxyl groups excluding tert-OH is 1. The largest absolute Gasteiger partial charge is 0.378 e. The number of aliphatic hydroxyl groups is 1. The van der Waals surface area contributed by atoms with Crippen LogP contribution in [0.2, 0.25) is 0 Å². The van der Waals surface area contributed by atoms with E-state index in [1.165, 1.54) is 5.06 Å². The first kappa shape index (κ1) is 17.0. The van der Waals surface area contributed by atoms with Crippen LogP contribution in [0.5, 0.6) is 0 Å². The summed E-state index contributed by atoms with van der Waals surface area (Å²) in [5.41, 5.74) is 1.67. The van der Waals surface area contributed by atoms with Crippen molar-refractivity contribution in [1.29, 1.82) is 0 Å². The van der Waals surface area contributed by atoms with Crippen molar-refractivity contribution in [3.05, 3.63) is 83.9 Å². The van der Waals surface area contributed by atoms with E-state index in [0.717, 1.165) is 5.56 Å². The van der Waals surface area contributed by atoms with Gasteiger partial charge in [-0.1, -0.05) is 72.8 Å². The number of hydrogen-bond donors (Lipinski definition) is 1. The summed E-state index contributed by atoms with van der Waals surface area (Å²) in [5, 5.41) is 11.7. The molecule has 1 N–H and O–H groups in total. The van der Waals surface area contributed by atoms with E-state index in [-0.39, 0.29) is 18.1 Å². The third kappa shape index (κ3) is 3.29. The highest BCUT2D eigenvalue weighted by Crippen LogP contribution is 2.37. The SMILES string of the molecule is O=C([C@@H](O)c1ccccc1)N1O[C@H]2C=C[C@@H]1[C@@H]2COCc1ccccc1. The summed E-state index contributed by atoms with van der Waals surface area (Å²) >= 11 is 0. The summed E-state index contributed by atoms with van der Waals surface area (Å²) in [6.07, 6.45) is 2.50. The van der Waals surface area contributed by atoms with Crippen molar-refractivity contribution in [2.75, 3.05) is 6.61 Å². The zero-order valence-electron chi connectivity index (χ0n) is 14.3. The van der Waals surface area contributed by atoms with Crippen molar-refractivity contribution in [3.8, 4) is 0 Å². The van der Waals surface area contributed by atoms with Gasteiger partial charge in [0.25, 0.3) is 5.91 Å². The highest BCUT2D eigenvalue weighted by molar-refractivity contribution is 5.82. The van der Waals surface area contributed by atoms with E-state index in [1.807, 2.05) is 48.6 Å². The van der Waals surface area contributed by atoms with Gasteiger partial charge in [0.2, 0.25) is 0 Å². The minimum atomic E-state index is -1.23. The van der Waals surface area contributed by atoms with Crippen LogP contribution in [-0.2, 0) is 21.0 Å². The number of benzene rings is 2. The van der Waals surface area contributed by atoms with E-state index in [4.69, 9.17) is 9.57 Å². The average Bonchev–Trinajstić information content (AvgIpc) is 3.25. The highest BCUT2D eigenvalue weighted by Gasteiger charge is 2.48. The molecule has 1 fully saturated rings. The second-order valence-corrected chi connectivity index (χ2v) is 6.59. The number of carbonyl (C=O) groups excluding carboxylic acids is 1. The molecule has 1 amide bonds. The summed E-state index contributed by atoms with van der Waals surface area (Å²) in [5.74, 6) is -0.397. The monoisotopic (exact) mass is 351 g/mol. The Bertz CT molecular complexity index is 777. The molecule has 2 aromatic carbocycles. The summed E-state index contributed by atoms with van der Waals surface area (Å²) in [7, 11) is 0. The number of amides is 1. The first-order valence-electron chi connectivity index (χ1n) is 8.77. The second kappa shape index (κ2) is 7.41. The molecule has 1 aliphatic heterocycles. The van der Waals surface area contributed by atoms with E-state index in [1.54, 1.807) is 24.3 Å². The van der Waals surface area contributed by atoms with Crippen molar-refractivity contribution in [1.82, 2.24) is 5.06 Å². The van der Waals surface area contributed by atoms with E-state index < -0.39 is 12.0 Å². The van der Waals surface area contributed by atoms with Gasteiger partial charge in [-0.2, -0.15) is 0 Å². The minimum absolute atomic E-state index is 0.0469. The van der Waals surface area contributed by atoms with E-state index in [2.05, 4.69) is 0 Å². The van der Waals surface area contributed by atoms with Crippen molar-refractivity contribution in [3.63, 3.8) is 0 Å². The molecule has 26 heavy (non-hydrogen) atoms. The molecule has 1 heterocycles. The molecule has 0 unspecified atom stereocenters. The van der Waals surface area contributed by atoms with Crippen LogP contribution in [0.15, 0.2) is 72.8 Å². The fourth-order valence-electron chi connectivity index (χ4n) is 3.45. The lowest BCUT2D eigenvalue weighted by Gasteiger charge is -2.25. The van der Waals surface area contributed by atoms with Gasteiger partial charge in [-0.15, -0.1) is 0 Å². The standard InChI is InChI=1S/C21H21NO4/c23-20(16-9-5-2-6-10-16)21(24)22-18-11-12-19(26-22)17(18)14-25-13-15-7-3-1-4-8-15/h1-12,17-20,23H,13-14H2/t17-,18+,19-,20-/m0/s1. The topological polar surface area (TPSA) is 59.0 Å². The molecule has 0 saturated carbocycles. The van der Waals surface area contributed by atoms with Crippen LogP contribution in [0.3, 0.4) is 0 Å². The maximum absolute atomic E-state index is 12.7. The van der Waals surface area contributed by atoms with Crippen molar-refractivity contribution in [2.45, 2.75) is 24.9 Å². The van der Waals surface area contributed by atoms with Gasteiger partial charge in [-0.3, -0.25) is 9.63 Å². The number of fused-ring (bicyclic) bond motifs is 2. The Hall–Kier alpha value is -2.47. The Labute approximate surface area is 152 Å².